The molecule has 2 saturated heterocycles. The van der Waals surface area contributed by atoms with Gasteiger partial charge in [0.05, 0.1) is 23.8 Å². The number of hydrogen-bond acceptors (Lipinski definition) is 6. The van der Waals surface area contributed by atoms with Crippen molar-refractivity contribution in [3.8, 4) is 17.0 Å². The minimum atomic E-state index is -0.103. The lowest BCUT2D eigenvalue weighted by Crippen LogP contribution is -2.48. The molecule has 36 heavy (non-hydrogen) atoms. The molecule has 1 N–H and O–H groups in total. The van der Waals surface area contributed by atoms with Crippen LogP contribution in [-0.2, 0) is 9.59 Å². The Morgan fingerprint density at radius 3 is 2.61 bits per heavy atom. The molecule has 6 rings (SSSR count). The van der Waals surface area contributed by atoms with Crippen molar-refractivity contribution in [1.29, 1.82) is 0 Å². The van der Waals surface area contributed by atoms with Crippen LogP contribution < -0.4 is 15.0 Å². The fourth-order valence-corrected chi connectivity index (χ4v) is 5.31. The van der Waals surface area contributed by atoms with Gasteiger partial charge in [-0.15, -0.1) is 0 Å². The topological polar surface area (TPSA) is 92.1 Å². The van der Waals surface area contributed by atoms with Crippen LogP contribution in [0.15, 0.2) is 36.8 Å². The van der Waals surface area contributed by atoms with E-state index >= 15 is 0 Å². The zero-order chi connectivity index (χ0) is 24.8. The lowest BCUT2D eigenvalue weighted by molar-refractivity contribution is -0.129. The Bertz CT molecular complexity index is 1290. The Labute approximate surface area is 210 Å². The zero-order valence-electron chi connectivity index (χ0n) is 20.8. The molecule has 2 aliphatic heterocycles. The highest BCUT2D eigenvalue weighted by atomic mass is 16.5. The first-order chi connectivity index (χ1) is 17.5. The predicted octanol–water partition coefficient (Wildman–Crippen LogP) is 2.85. The first-order valence-corrected chi connectivity index (χ1v) is 12.9. The molecule has 3 aliphatic rings. The molecule has 3 fully saturated rings. The number of amides is 2. The maximum absolute atomic E-state index is 11.8. The number of carbonyl (C=O) groups is 2. The Morgan fingerprint density at radius 2 is 1.97 bits per heavy atom. The number of piperazine rings is 1. The van der Waals surface area contributed by atoms with Gasteiger partial charge in [0, 0.05) is 69.3 Å². The van der Waals surface area contributed by atoms with Gasteiger partial charge < -0.3 is 19.9 Å². The lowest BCUT2D eigenvalue weighted by atomic mass is 10.0. The number of nitrogens with zero attached hydrogens (tertiary/aromatic N) is 5. The molecule has 2 amide bonds. The minimum Gasteiger partial charge on any atom is -0.488 e. The average Bonchev–Trinajstić information content (AvgIpc) is 3.49. The van der Waals surface area contributed by atoms with E-state index in [1.165, 1.54) is 18.4 Å². The van der Waals surface area contributed by atoms with Crippen molar-refractivity contribution >= 4 is 23.0 Å². The van der Waals surface area contributed by atoms with Crippen LogP contribution in [0.2, 0.25) is 0 Å². The molecule has 9 heteroatoms. The van der Waals surface area contributed by atoms with E-state index in [9.17, 15) is 9.59 Å². The van der Waals surface area contributed by atoms with E-state index in [0.717, 1.165) is 54.4 Å². The standard InChI is InChI=1S/C27H32N6O3/c1-17(20-12-26(35)29-13-20)36-25-11-21(16-33-27(25)23(15-30-33)19-3-4-19)24-6-5-22(14-28-24)32-9-7-31(8-10-32)18(2)34/h5-6,11,14-17,19-20H,3-4,7-10,12-13H2,1-2H3,(H,29,35)/t17-,20-/m1/s1. The summed E-state index contributed by atoms with van der Waals surface area (Å²) in [6.45, 7) is 7.39. The Morgan fingerprint density at radius 1 is 1.17 bits per heavy atom. The van der Waals surface area contributed by atoms with E-state index in [-0.39, 0.29) is 23.8 Å². The van der Waals surface area contributed by atoms with Gasteiger partial charge >= 0.3 is 0 Å². The first-order valence-electron chi connectivity index (χ1n) is 12.9. The van der Waals surface area contributed by atoms with E-state index in [1.807, 2.05) is 41.0 Å². The highest BCUT2D eigenvalue weighted by Crippen LogP contribution is 2.44. The molecule has 0 bridgehead atoms. The fourth-order valence-electron chi connectivity index (χ4n) is 5.31. The third-order valence-corrected chi connectivity index (χ3v) is 7.74. The molecule has 3 aromatic heterocycles. The SMILES string of the molecule is CC(=O)N1CCN(c2ccc(-c3cc(O[C@H](C)[C@H]4CNC(=O)C4)c4c(C5CC5)cnn4c3)nc2)CC1. The number of carbonyl (C=O) groups excluding carboxylic acids is 2. The summed E-state index contributed by atoms with van der Waals surface area (Å²) in [4.78, 5) is 32.3. The summed E-state index contributed by atoms with van der Waals surface area (Å²) < 4.78 is 8.44. The maximum Gasteiger partial charge on any atom is 0.220 e. The number of aromatic nitrogens is 3. The van der Waals surface area contributed by atoms with Crippen LogP contribution in [0, 0.1) is 5.92 Å². The van der Waals surface area contributed by atoms with E-state index in [0.29, 0.717) is 18.9 Å². The van der Waals surface area contributed by atoms with Crippen LogP contribution in [-0.4, -0.2) is 70.1 Å². The summed E-state index contributed by atoms with van der Waals surface area (Å²) in [5.74, 6) is 1.70. The van der Waals surface area contributed by atoms with Gasteiger partial charge in [-0.05, 0) is 43.9 Å². The molecular formula is C27H32N6O3. The van der Waals surface area contributed by atoms with E-state index < -0.39 is 0 Å². The Balaban J connectivity index is 1.27. The van der Waals surface area contributed by atoms with Crippen LogP contribution in [0.3, 0.4) is 0 Å². The molecule has 1 saturated carbocycles. The molecule has 9 nitrogen and oxygen atoms in total. The van der Waals surface area contributed by atoms with Crippen molar-refractivity contribution in [3.05, 3.63) is 42.4 Å². The third-order valence-electron chi connectivity index (χ3n) is 7.74. The number of hydrogen-bond donors (Lipinski definition) is 1. The largest absolute Gasteiger partial charge is 0.488 e. The molecule has 188 valence electrons. The van der Waals surface area contributed by atoms with Crippen LogP contribution in [0.5, 0.6) is 5.75 Å². The highest BCUT2D eigenvalue weighted by Gasteiger charge is 2.31. The molecule has 0 aromatic carbocycles. The summed E-state index contributed by atoms with van der Waals surface area (Å²) in [6, 6.07) is 6.19. The van der Waals surface area contributed by atoms with Crippen molar-refractivity contribution in [2.75, 3.05) is 37.6 Å². The molecular weight excluding hydrogens is 456 g/mol. The number of rotatable bonds is 6. The summed E-state index contributed by atoms with van der Waals surface area (Å²) in [5, 5.41) is 7.57. The highest BCUT2D eigenvalue weighted by molar-refractivity contribution is 5.78. The second kappa shape index (κ2) is 9.11. The van der Waals surface area contributed by atoms with Crippen LogP contribution in [0.4, 0.5) is 5.69 Å². The van der Waals surface area contributed by atoms with Gasteiger partial charge in [-0.25, -0.2) is 4.52 Å². The minimum absolute atomic E-state index is 0.0874. The summed E-state index contributed by atoms with van der Waals surface area (Å²) in [7, 11) is 0. The van der Waals surface area contributed by atoms with Crippen LogP contribution >= 0.6 is 0 Å². The van der Waals surface area contributed by atoms with Crippen molar-refractivity contribution in [2.24, 2.45) is 5.92 Å². The van der Waals surface area contributed by atoms with Crippen molar-refractivity contribution in [3.63, 3.8) is 0 Å². The number of pyridine rings is 2. The predicted molar refractivity (Wildman–Crippen MR) is 136 cm³/mol. The molecule has 1 aliphatic carbocycles. The summed E-state index contributed by atoms with van der Waals surface area (Å²) in [6.07, 6.45) is 8.65. The normalized spacial score (nSPS) is 21.1. The van der Waals surface area contributed by atoms with Crippen molar-refractivity contribution < 1.29 is 14.3 Å². The number of anilines is 1. The van der Waals surface area contributed by atoms with Gasteiger partial charge in [0.2, 0.25) is 11.8 Å². The van der Waals surface area contributed by atoms with Crippen molar-refractivity contribution in [2.45, 2.75) is 45.1 Å². The second-order valence-electron chi connectivity index (χ2n) is 10.2. The Kier molecular flexibility index (Phi) is 5.78. The monoisotopic (exact) mass is 488 g/mol. The number of fused-ring (bicyclic) bond motifs is 1. The van der Waals surface area contributed by atoms with E-state index in [1.54, 1.807) is 6.92 Å². The molecule has 0 radical (unpaired) electrons. The smallest absolute Gasteiger partial charge is 0.220 e. The van der Waals surface area contributed by atoms with Gasteiger partial charge in [-0.2, -0.15) is 5.10 Å². The molecule has 0 spiro atoms. The summed E-state index contributed by atoms with van der Waals surface area (Å²) in [5.41, 5.74) is 5.09. The van der Waals surface area contributed by atoms with Crippen LogP contribution in [0.25, 0.3) is 16.8 Å². The fraction of sp³-hybridized carbons (Fsp3) is 0.481. The van der Waals surface area contributed by atoms with Gasteiger partial charge in [0.15, 0.2) is 0 Å². The quantitative estimate of drug-likeness (QED) is 0.574. The average molecular weight is 489 g/mol. The third kappa shape index (κ3) is 4.38. The van der Waals surface area contributed by atoms with Gasteiger partial charge in [-0.3, -0.25) is 14.6 Å². The Hall–Kier alpha value is -3.62. The van der Waals surface area contributed by atoms with E-state index in [4.69, 9.17) is 9.72 Å². The maximum atomic E-state index is 11.8. The molecule has 2 atom stereocenters. The van der Waals surface area contributed by atoms with Crippen LogP contribution in [0.1, 0.15) is 44.6 Å². The second-order valence-corrected chi connectivity index (χ2v) is 10.2. The molecule has 0 unspecified atom stereocenters. The number of nitrogens with one attached hydrogen (secondary N) is 1. The van der Waals surface area contributed by atoms with Gasteiger partial charge in [0.1, 0.15) is 17.4 Å². The lowest BCUT2D eigenvalue weighted by Gasteiger charge is -2.35. The van der Waals surface area contributed by atoms with E-state index in [2.05, 4.69) is 27.4 Å². The zero-order valence-corrected chi connectivity index (χ0v) is 20.8. The number of ether oxygens (including phenoxy) is 1. The first kappa shape index (κ1) is 22.8. The molecule has 5 heterocycles. The van der Waals surface area contributed by atoms with Crippen molar-refractivity contribution in [1.82, 2.24) is 24.8 Å². The summed E-state index contributed by atoms with van der Waals surface area (Å²) >= 11 is 0. The van der Waals surface area contributed by atoms with Gasteiger partial charge in [0.25, 0.3) is 0 Å². The van der Waals surface area contributed by atoms with Gasteiger partial charge in [-0.1, -0.05) is 0 Å². The molecule has 3 aromatic rings.